The molecular weight excluding hydrogens is 355 g/mol. The summed E-state index contributed by atoms with van der Waals surface area (Å²) in [6.45, 7) is 0.805. The van der Waals surface area contributed by atoms with Crippen LogP contribution in [0.25, 0.3) is 0 Å². The minimum absolute atomic E-state index is 0.211. The highest BCUT2D eigenvalue weighted by atomic mass is 35.5. The van der Waals surface area contributed by atoms with Crippen LogP contribution < -0.4 is 4.74 Å². The highest BCUT2D eigenvalue weighted by Crippen LogP contribution is 2.43. The Kier molecular flexibility index (Phi) is 5.40. The van der Waals surface area contributed by atoms with Crippen molar-refractivity contribution in [3.8, 4) is 11.8 Å². The summed E-state index contributed by atoms with van der Waals surface area (Å²) in [5.74, 6) is 1.74. The van der Waals surface area contributed by atoms with E-state index in [4.69, 9.17) is 21.6 Å². The van der Waals surface area contributed by atoms with Crippen LogP contribution in [0.4, 0.5) is 13.2 Å². The van der Waals surface area contributed by atoms with Gasteiger partial charge in [0, 0.05) is 25.2 Å². The predicted molar refractivity (Wildman–Crippen MR) is 86.3 cm³/mol. The lowest BCUT2D eigenvalue weighted by atomic mass is 10.0. The Balaban J connectivity index is 1.42. The molecule has 1 aromatic heterocycles. The van der Waals surface area contributed by atoms with Crippen LogP contribution in [0, 0.1) is 29.1 Å². The maximum absolute atomic E-state index is 12.5. The minimum Gasteiger partial charge on any atom is -0.493 e. The fourth-order valence-electron chi connectivity index (χ4n) is 4.10. The van der Waals surface area contributed by atoms with Crippen LogP contribution in [-0.2, 0) is 0 Å². The smallest absolute Gasteiger partial charge is 0.401 e. The van der Waals surface area contributed by atoms with Crippen molar-refractivity contribution in [2.24, 2.45) is 17.8 Å². The molecule has 0 N–H and O–H groups in total. The van der Waals surface area contributed by atoms with Crippen LogP contribution in [0.1, 0.15) is 25.0 Å². The second kappa shape index (κ2) is 7.38. The van der Waals surface area contributed by atoms with Crippen molar-refractivity contribution in [1.82, 2.24) is 9.88 Å². The van der Waals surface area contributed by atoms with Crippen molar-refractivity contribution in [1.29, 1.82) is 5.26 Å². The van der Waals surface area contributed by atoms with Crippen molar-refractivity contribution in [2.45, 2.75) is 25.4 Å². The Bertz CT molecular complexity index is 648. The fourth-order valence-corrected chi connectivity index (χ4v) is 4.30. The van der Waals surface area contributed by atoms with Crippen LogP contribution in [0.2, 0.25) is 5.15 Å². The van der Waals surface area contributed by atoms with Crippen LogP contribution in [0.3, 0.4) is 0 Å². The number of alkyl halides is 3. The molecule has 4 nitrogen and oxygen atoms in total. The lowest BCUT2D eigenvalue weighted by molar-refractivity contribution is -0.144. The summed E-state index contributed by atoms with van der Waals surface area (Å²) in [6.07, 6.45) is -1.33. The van der Waals surface area contributed by atoms with E-state index in [0.717, 1.165) is 19.3 Å². The average molecular weight is 374 g/mol. The van der Waals surface area contributed by atoms with Gasteiger partial charge in [0.15, 0.2) is 0 Å². The van der Waals surface area contributed by atoms with Crippen LogP contribution in [0.5, 0.6) is 5.75 Å². The van der Waals surface area contributed by atoms with Crippen LogP contribution in [0.15, 0.2) is 12.1 Å². The summed E-state index contributed by atoms with van der Waals surface area (Å²) in [6, 6.07) is 5.04. The largest absolute Gasteiger partial charge is 0.493 e. The number of pyridine rings is 1. The molecule has 2 heterocycles. The summed E-state index contributed by atoms with van der Waals surface area (Å²) >= 11 is 5.83. The van der Waals surface area contributed by atoms with E-state index in [9.17, 15) is 13.2 Å². The number of aromatic nitrogens is 1. The zero-order valence-corrected chi connectivity index (χ0v) is 14.4. The van der Waals surface area contributed by atoms with E-state index >= 15 is 0 Å². The number of halogens is 4. The second-order valence-electron chi connectivity index (χ2n) is 6.93. The van der Waals surface area contributed by atoms with E-state index in [0.29, 0.717) is 43.2 Å². The fraction of sp³-hybridized carbons (Fsp3) is 0.647. The van der Waals surface area contributed by atoms with Gasteiger partial charge in [-0.05, 0) is 37.0 Å². The molecule has 1 aliphatic carbocycles. The van der Waals surface area contributed by atoms with Gasteiger partial charge in [-0.15, -0.1) is 0 Å². The highest BCUT2D eigenvalue weighted by Gasteiger charge is 2.43. The number of nitriles is 1. The monoisotopic (exact) mass is 373 g/mol. The molecule has 0 aromatic carbocycles. The molecule has 1 saturated heterocycles. The Hall–Kier alpha value is -1.52. The third kappa shape index (κ3) is 4.99. The molecule has 1 saturated carbocycles. The van der Waals surface area contributed by atoms with E-state index in [-0.39, 0.29) is 10.8 Å². The van der Waals surface area contributed by atoms with E-state index in [1.165, 1.54) is 4.90 Å². The molecule has 1 aromatic rings. The first-order chi connectivity index (χ1) is 11.8. The Morgan fingerprint density at radius 3 is 2.56 bits per heavy atom. The van der Waals surface area contributed by atoms with Gasteiger partial charge < -0.3 is 4.74 Å². The van der Waals surface area contributed by atoms with Gasteiger partial charge >= 0.3 is 6.18 Å². The highest BCUT2D eigenvalue weighted by molar-refractivity contribution is 6.29. The molecule has 2 aliphatic rings. The van der Waals surface area contributed by atoms with Crippen LogP contribution >= 0.6 is 11.6 Å². The van der Waals surface area contributed by atoms with Gasteiger partial charge in [-0.3, -0.25) is 4.90 Å². The molecular formula is C17H19ClF3N3O. The summed E-state index contributed by atoms with van der Waals surface area (Å²) in [5.41, 5.74) is 0.211. The molecule has 0 radical (unpaired) electrons. The van der Waals surface area contributed by atoms with Crippen molar-refractivity contribution < 1.29 is 17.9 Å². The third-order valence-corrected chi connectivity index (χ3v) is 5.20. The Morgan fingerprint density at radius 1 is 1.28 bits per heavy atom. The summed E-state index contributed by atoms with van der Waals surface area (Å²) in [4.78, 5) is 5.38. The van der Waals surface area contributed by atoms with Crippen molar-refractivity contribution in [3.63, 3.8) is 0 Å². The molecule has 136 valence electrons. The van der Waals surface area contributed by atoms with Gasteiger partial charge in [0.05, 0.1) is 13.2 Å². The molecule has 0 spiro atoms. The average Bonchev–Trinajstić information content (AvgIpc) is 3.02. The summed E-state index contributed by atoms with van der Waals surface area (Å²) in [7, 11) is 0. The van der Waals surface area contributed by atoms with Crippen molar-refractivity contribution >= 4 is 11.6 Å². The van der Waals surface area contributed by atoms with Crippen molar-refractivity contribution in [2.75, 3.05) is 26.2 Å². The first-order valence-corrected chi connectivity index (χ1v) is 8.70. The van der Waals surface area contributed by atoms with Gasteiger partial charge in [0.1, 0.15) is 22.7 Å². The number of hydrogen-bond donors (Lipinski definition) is 0. The number of fused-ring (bicyclic) bond motifs is 1. The molecule has 0 bridgehead atoms. The molecule has 3 atom stereocenters. The molecule has 25 heavy (non-hydrogen) atoms. The van der Waals surface area contributed by atoms with E-state index < -0.39 is 12.7 Å². The molecule has 3 rings (SSSR count). The zero-order valence-electron chi connectivity index (χ0n) is 13.6. The lowest BCUT2D eigenvalue weighted by Gasteiger charge is -2.20. The summed E-state index contributed by atoms with van der Waals surface area (Å²) in [5, 5.41) is 9.08. The molecule has 0 unspecified atom stereocenters. The Labute approximate surface area is 149 Å². The van der Waals surface area contributed by atoms with Gasteiger partial charge in [-0.25, -0.2) is 4.98 Å². The van der Waals surface area contributed by atoms with Crippen molar-refractivity contribution in [3.05, 3.63) is 23.0 Å². The topological polar surface area (TPSA) is 49.1 Å². The van der Waals surface area contributed by atoms with E-state index in [2.05, 4.69) is 4.98 Å². The maximum atomic E-state index is 12.5. The quantitative estimate of drug-likeness (QED) is 0.734. The first-order valence-electron chi connectivity index (χ1n) is 8.32. The molecule has 0 amide bonds. The SMILES string of the molecule is N#Cc1cc(OCC[C@@H]2C[C@@H]3CN(CC(F)(F)F)C[C@@H]3C2)cc(Cl)n1. The zero-order chi connectivity index (χ0) is 18.0. The second-order valence-corrected chi connectivity index (χ2v) is 7.31. The number of hydrogen-bond acceptors (Lipinski definition) is 4. The number of ether oxygens (including phenoxy) is 1. The standard InChI is InChI=1S/C17H19ClF3N3O/c18-16-6-15(5-14(7-22)23-16)25-2-1-11-3-12-8-24(9-13(12)4-11)10-17(19,20)21/h5-6,11-13H,1-4,8-10H2/t11-,12-,13+. The number of nitrogens with zero attached hydrogens (tertiary/aromatic N) is 3. The lowest BCUT2D eigenvalue weighted by Crippen LogP contribution is -2.33. The predicted octanol–water partition coefficient (Wildman–Crippen LogP) is 3.90. The molecule has 1 aliphatic heterocycles. The normalized spacial score (nSPS) is 26.4. The molecule has 2 fully saturated rings. The molecule has 8 heteroatoms. The number of likely N-dealkylation sites (tertiary alicyclic amines) is 1. The van der Waals surface area contributed by atoms with E-state index in [1.807, 2.05) is 6.07 Å². The van der Waals surface area contributed by atoms with Gasteiger partial charge in [-0.2, -0.15) is 18.4 Å². The Morgan fingerprint density at radius 2 is 1.96 bits per heavy atom. The number of rotatable bonds is 5. The van der Waals surface area contributed by atoms with Gasteiger partial charge in [0.2, 0.25) is 0 Å². The minimum atomic E-state index is -4.11. The van der Waals surface area contributed by atoms with Crippen LogP contribution in [-0.4, -0.2) is 42.3 Å². The first kappa shape index (κ1) is 18.3. The maximum Gasteiger partial charge on any atom is 0.401 e. The van der Waals surface area contributed by atoms with E-state index in [1.54, 1.807) is 12.1 Å². The summed E-state index contributed by atoms with van der Waals surface area (Å²) < 4.78 is 43.1. The third-order valence-electron chi connectivity index (χ3n) is 5.00. The van der Waals surface area contributed by atoms with Gasteiger partial charge in [0.25, 0.3) is 0 Å². The van der Waals surface area contributed by atoms with Gasteiger partial charge in [-0.1, -0.05) is 11.6 Å².